The molecule has 0 atom stereocenters. The van der Waals surface area contributed by atoms with Crippen LogP contribution in [0.25, 0.3) is 11.1 Å². The van der Waals surface area contributed by atoms with Crippen LogP contribution in [0.4, 0.5) is 0 Å². The molecule has 0 amide bonds. The number of nitrogens with zero attached hydrogens (tertiary/aromatic N) is 1. The van der Waals surface area contributed by atoms with Crippen LogP contribution in [0, 0.1) is 0 Å². The average Bonchev–Trinajstić information content (AvgIpc) is 2.89. The number of hydrogen-bond donors (Lipinski definition) is 1. The predicted octanol–water partition coefficient (Wildman–Crippen LogP) is 2.48. The number of rotatable bonds is 4. The topological polar surface area (TPSA) is 47.3 Å². The predicted molar refractivity (Wildman–Crippen MR) is 74.4 cm³/mol. The Morgan fingerprint density at radius 2 is 2.21 bits per heavy atom. The van der Waals surface area contributed by atoms with Gasteiger partial charge in [0.1, 0.15) is 5.52 Å². The Morgan fingerprint density at radius 1 is 1.37 bits per heavy atom. The minimum Gasteiger partial charge on any atom is -0.440 e. The summed E-state index contributed by atoms with van der Waals surface area (Å²) >= 11 is 0. The zero-order chi connectivity index (χ0) is 13.1. The number of oxazole rings is 1. The van der Waals surface area contributed by atoms with Crippen LogP contribution in [0.15, 0.2) is 22.6 Å². The molecule has 0 bridgehead atoms. The number of nitrogens with one attached hydrogen (secondary N) is 1. The van der Waals surface area contributed by atoms with E-state index in [1.807, 2.05) is 6.07 Å². The number of fused-ring (bicyclic) bond motifs is 1. The summed E-state index contributed by atoms with van der Waals surface area (Å²) in [5.74, 6) is 1.37. The summed E-state index contributed by atoms with van der Waals surface area (Å²) in [7, 11) is 1.73. The number of aromatic nitrogens is 1. The maximum atomic E-state index is 5.90. The third-order valence-electron chi connectivity index (χ3n) is 3.75. The van der Waals surface area contributed by atoms with Gasteiger partial charge in [0.15, 0.2) is 11.5 Å². The van der Waals surface area contributed by atoms with Crippen molar-refractivity contribution >= 4 is 11.1 Å². The summed E-state index contributed by atoms with van der Waals surface area (Å²) in [6.45, 7) is 2.86. The van der Waals surface area contributed by atoms with Crippen molar-refractivity contribution in [3.8, 4) is 0 Å². The van der Waals surface area contributed by atoms with Crippen molar-refractivity contribution in [2.45, 2.75) is 25.2 Å². The molecule has 1 saturated heterocycles. The highest BCUT2D eigenvalue weighted by Crippen LogP contribution is 2.28. The van der Waals surface area contributed by atoms with Crippen molar-refractivity contribution < 1.29 is 9.15 Å². The Morgan fingerprint density at radius 3 is 3.00 bits per heavy atom. The first-order valence-corrected chi connectivity index (χ1v) is 6.96. The Labute approximate surface area is 113 Å². The molecule has 0 saturated carbocycles. The molecule has 1 aliphatic rings. The summed E-state index contributed by atoms with van der Waals surface area (Å²) in [5, 5.41) is 3.37. The molecule has 1 aliphatic heterocycles. The standard InChI is InChI=1S/C15H20N2O2/c1-18-9-6-11-2-3-14-13(10-11)17-15(19-14)12-4-7-16-8-5-12/h2-3,10,12,16H,4-9H2,1H3. The molecule has 4 heteroatoms. The summed E-state index contributed by atoms with van der Waals surface area (Å²) in [6.07, 6.45) is 3.15. The molecular formula is C15H20N2O2. The van der Waals surface area contributed by atoms with Gasteiger partial charge in [0.2, 0.25) is 0 Å². The number of piperidine rings is 1. The van der Waals surface area contributed by atoms with Crippen molar-refractivity contribution in [1.29, 1.82) is 0 Å². The molecule has 102 valence electrons. The van der Waals surface area contributed by atoms with E-state index in [9.17, 15) is 0 Å². The number of hydrogen-bond acceptors (Lipinski definition) is 4. The van der Waals surface area contributed by atoms with E-state index in [0.29, 0.717) is 5.92 Å². The molecule has 3 rings (SSSR count). The second kappa shape index (κ2) is 5.72. The maximum absolute atomic E-state index is 5.90. The van der Waals surface area contributed by atoms with E-state index >= 15 is 0 Å². The Kier molecular flexibility index (Phi) is 3.80. The molecule has 2 aromatic rings. The molecule has 0 aliphatic carbocycles. The highest BCUT2D eigenvalue weighted by Gasteiger charge is 2.20. The quantitative estimate of drug-likeness (QED) is 0.917. The highest BCUT2D eigenvalue weighted by molar-refractivity contribution is 5.73. The maximum Gasteiger partial charge on any atom is 0.198 e. The summed E-state index contributed by atoms with van der Waals surface area (Å²) in [4.78, 5) is 4.67. The smallest absolute Gasteiger partial charge is 0.198 e. The summed E-state index contributed by atoms with van der Waals surface area (Å²) < 4.78 is 11.0. The van der Waals surface area contributed by atoms with Crippen LogP contribution in [-0.4, -0.2) is 31.8 Å². The van der Waals surface area contributed by atoms with Gasteiger partial charge in [-0.2, -0.15) is 0 Å². The van der Waals surface area contributed by atoms with Gasteiger partial charge in [-0.05, 0) is 50.0 Å². The van der Waals surface area contributed by atoms with Gasteiger partial charge in [-0.25, -0.2) is 4.98 Å². The zero-order valence-corrected chi connectivity index (χ0v) is 11.3. The fourth-order valence-corrected chi connectivity index (χ4v) is 2.61. The monoisotopic (exact) mass is 260 g/mol. The van der Waals surface area contributed by atoms with Crippen LogP contribution >= 0.6 is 0 Å². The van der Waals surface area contributed by atoms with Gasteiger partial charge in [-0.1, -0.05) is 6.07 Å². The molecule has 0 unspecified atom stereocenters. The van der Waals surface area contributed by atoms with Crippen LogP contribution in [0.3, 0.4) is 0 Å². The van der Waals surface area contributed by atoms with E-state index in [0.717, 1.165) is 55.9 Å². The van der Waals surface area contributed by atoms with Gasteiger partial charge in [-0.15, -0.1) is 0 Å². The molecule has 1 aromatic heterocycles. The van der Waals surface area contributed by atoms with E-state index in [1.165, 1.54) is 5.56 Å². The fourth-order valence-electron chi connectivity index (χ4n) is 2.61. The van der Waals surface area contributed by atoms with E-state index in [1.54, 1.807) is 7.11 Å². The second-order valence-electron chi connectivity index (χ2n) is 5.12. The Bertz CT molecular complexity index is 544. The first-order valence-electron chi connectivity index (χ1n) is 6.96. The number of benzene rings is 1. The van der Waals surface area contributed by atoms with Crippen molar-refractivity contribution in [1.82, 2.24) is 10.3 Å². The normalized spacial score (nSPS) is 17.1. The first kappa shape index (κ1) is 12.6. The molecule has 1 N–H and O–H groups in total. The SMILES string of the molecule is COCCc1ccc2oc(C3CCNCC3)nc2c1. The summed E-state index contributed by atoms with van der Waals surface area (Å²) in [6, 6.07) is 6.24. The third-order valence-corrected chi connectivity index (χ3v) is 3.75. The van der Waals surface area contributed by atoms with Crippen molar-refractivity contribution in [2.75, 3.05) is 26.8 Å². The molecule has 2 heterocycles. The molecule has 19 heavy (non-hydrogen) atoms. The molecule has 1 aromatic carbocycles. The fraction of sp³-hybridized carbons (Fsp3) is 0.533. The van der Waals surface area contributed by atoms with Crippen LogP contribution in [0.2, 0.25) is 0 Å². The Hall–Kier alpha value is -1.39. The number of methoxy groups -OCH3 is 1. The van der Waals surface area contributed by atoms with Gasteiger partial charge in [0, 0.05) is 13.0 Å². The zero-order valence-electron chi connectivity index (χ0n) is 11.3. The van der Waals surface area contributed by atoms with Crippen LogP contribution < -0.4 is 5.32 Å². The summed E-state index contributed by atoms with van der Waals surface area (Å²) in [5.41, 5.74) is 3.12. The molecule has 1 fully saturated rings. The van der Waals surface area contributed by atoms with E-state index < -0.39 is 0 Å². The molecule has 4 nitrogen and oxygen atoms in total. The Balaban J connectivity index is 1.83. The van der Waals surface area contributed by atoms with E-state index in [4.69, 9.17) is 9.15 Å². The van der Waals surface area contributed by atoms with Gasteiger partial charge >= 0.3 is 0 Å². The third kappa shape index (κ3) is 2.80. The van der Waals surface area contributed by atoms with E-state index in [-0.39, 0.29) is 0 Å². The molecular weight excluding hydrogens is 240 g/mol. The lowest BCUT2D eigenvalue weighted by molar-refractivity contribution is 0.202. The lowest BCUT2D eigenvalue weighted by Crippen LogP contribution is -2.26. The highest BCUT2D eigenvalue weighted by atomic mass is 16.5. The van der Waals surface area contributed by atoms with E-state index in [2.05, 4.69) is 22.4 Å². The van der Waals surface area contributed by atoms with Crippen LogP contribution in [0.5, 0.6) is 0 Å². The van der Waals surface area contributed by atoms with Gasteiger partial charge in [-0.3, -0.25) is 0 Å². The second-order valence-corrected chi connectivity index (χ2v) is 5.12. The minimum atomic E-state index is 0.469. The van der Waals surface area contributed by atoms with Gasteiger partial charge in [0.05, 0.1) is 6.61 Å². The van der Waals surface area contributed by atoms with Crippen molar-refractivity contribution in [2.24, 2.45) is 0 Å². The van der Waals surface area contributed by atoms with Crippen LogP contribution in [0.1, 0.15) is 30.2 Å². The van der Waals surface area contributed by atoms with Gasteiger partial charge in [0.25, 0.3) is 0 Å². The average molecular weight is 260 g/mol. The first-order chi connectivity index (χ1) is 9.36. The number of ether oxygens (including phenoxy) is 1. The van der Waals surface area contributed by atoms with Gasteiger partial charge < -0.3 is 14.5 Å². The molecule has 0 spiro atoms. The van der Waals surface area contributed by atoms with Crippen LogP contribution in [-0.2, 0) is 11.2 Å². The van der Waals surface area contributed by atoms with Crippen molar-refractivity contribution in [3.05, 3.63) is 29.7 Å². The minimum absolute atomic E-state index is 0.469. The largest absolute Gasteiger partial charge is 0.440 e. The lowest BCUT2D eigenvalue weighted by Gasteiger charge is -2.19. The molecule has 0 radical (unpaired) electrons. The van der Waals surface area contributed by atoms with Crippen molar-refractivity contribution in [3.63, 3.8) is 0 Å². The lowest BCUT2D eigenvalue weighted by atomic mass is 9.98.